The number of benzene rings is 3. The third-order valence-corrected chi connectivity index (χ3v) is 16.0. The third-order valence-electron chi connectivity index (χ3n) is 15.8. The van der Waals surface area contributed by atoms with E-state index in [0.29, 0.717) is 107 Å². The molecule has 10 rings (SSSR count). The Balaban J connectivity index is 0.624. The average molecular weight is 1340 g/mol. The van der Waals surface area contributed by atoms with Gasteiger partial charge in [0, 0.05) is 146 Å². The molecule has 0 fully saturated rings. The SMILES string of the molecule is CN(CCCN=C(S)Nc1ccc(-c2c3ccc(=O)cc-3oc3cc(O)ccc23)c(C(=O)O)c1)CCCNC(=O)c1cc(NC(=O)c2cc(NC(=O)c3cc(N=C(O)CCCNC(=O)c4cc(NC(=O)c5cc(NC(=O)c6nccn6C)cn5C)cn4C)cn3C)cn2C)cn1C. The number of carbonyl (C=O) groups is 7. The van der Waals surface area contributed by atoms with Crippen molar-refractivity contribution in [1.29, 1.82) is 0 Å². The van der Waals surface area contributed by atoms with Gasteiger partial charge in [0.15, 0.2) is 22.3 Å². The van der Waals surface area contributed by atoms with Crippen LogP contribution < -0.4 is 42.6 Å². The number of aryl methyl sites for hydroxylation is 6. The van der Waals surface area contributed by atoms with Gasteiger partial charge in [0.2, 0.25) is 0 Å². The molecule has 6 aromatic heterocycles. The number of fused-ring (bicyclic) bond motifs is 2. The van der Waals surface area contributed by atoms with Gasteiger partial charge in [-0.15, -0.1) is 12.6 Å². The van der Waals surface area contributed by atoms with Gasteiger partial charge in [-0.2, -0.15) is 0 Å². The molecule has 2 aliphatic rings. The number of anilines is 5. The lowest BCUT2D eigenvalue weighted by molar-refractivity contribution is 0.0696. The maximum atomic E-state index is 13.5. The highest BCUT2D eigenvalue weighted by Gasteiger charge is 2.25. The van der Waals surface area contributed by atoms with Crippen molar-refractivity contribution in [3.05, 3.63) is 178 Å². The lowest BCUT2D eigenvalue weighted by atomic mass is 9.90. The highest BCUT2D eigenvalue weighted by Crippen LogP contribution is 2.42. The number of aliphatic hydroxyl groups excluding tert-OH is 1. The molecule has 0 unspecified atom stereocenters. The van der Waals surface area contributed by atoms with Crippen molar-refractivity contribution in [3.63, 3.8) is 0 Å². The van der Waals surface area contributed by atoms with Crippen LogP contribution in [-0.2, 0) is 42.3 Å². The molecule has 0 saturated heterocycles. The minimum absolute atomic E-state index is 0.0187. The maximum Gasteiger partial charge on any atom is 0.336 e. The number of aromatic carboxylic acids is 1. The molecule has 0 spiro atoms. The average Bonchev–Trinajstić information content (AvgIpc) is 1.70. The molecule has 0 atom stereocenters. The molecule has 7 heterocycles. The van der Waals surface area contributed by atoms with Crippen LogP contribution in [0.2, 0.25) is 0 Å². The van der Waals surface area contributed by atoms with Crippen molar-refractivity contribution in [2.45, 2.75) is 25.7 Å². The number of hydrogen-bond acceptors (Lipinski definition) is 14. The molecule has 6 amide bonds. The molecular weight excluding hydrogens is 1270 g/mol. The van der Waals surface area contributed by atoms with Crippen LogP contribution in [0.5, 0.6) is 5.75 Å². The molecule has 8 aromatic rings. The van der Waals surface area contributed by atoms with Gasteiger partial charge in [0.25, 0.3) is 35.4 Å². The van der Waals surface area contributed by atoms with Crippen molar-refractivity contribution < 1.29 is 53.3 Å². The Bertz CT molecular complexity index is 4790. The number of aromatic nitrogens is 7. The number of hydrogen-bond donors (Lipinski definition) is 11. The maximum absolute atomic E-state index is 13.5. The Labute approximate surface area is 559 Å². The van der Waals surface area contributed by atoms with Gasteiger partial charge in [-0.05, 0) is 112 Å². The third kappa shape index (κ3) is 16.4. The van der Waals surface area contributed by atoms with Crippen LogP contribution in [0.4, 0.5) is 34.1 Å². The van der Waals surface area contributed by atoms with Crippen LogP contribution in [0.25, 0.3) is 33.4 Å². The van der Waals surface area contributed by atoms with Crippen LogP contribution >= 0.6 is 12.6 Å². The fourth-order valence-electron chi connectivity index (χ4n) is 11.0. The van der Waals surface area contributed by atoms with E-state index >= 15 is 0 Å². The summed E-state index contributed by atoms with van der Waals surface area (Å²) in [6.07, 6.45) is 12.9. The van der Waals surface area contributed by atoms with E-state index in [1.807, 2.05) is 7.05 Å². The number of amides is 6. The lowest BCUT2D eigenvalue weighted by Crippen LogP contribution is -2.29. The summed E-state index contributed by atoms with van der Waals surface area (Å²) in [4.78, 5) is 119. The van der Waals surface area contributed by atoms with Gasteiger partial charge >= 0.3 is 5.97 Å². The number of nitrogens with one attached hydrogen (secondary N) is 7. The van der Waals surface area contributed by atoms with Gasteiger partial charge in [-0.25, -0.2) is 14.8 Å². The van der Waals surface area contributed by atoms with E-state index in [4.69, 9.17) is 4.42 Å². The standard InChI is InChI=1S/C67H71N17O12S/c1-78(23-10-20-71-67(97)77-38-12-15-46(49(25-38)66(94)95)58-47-16-13-44(85)31-55(47)96-56-32-45(86)14-17-48(56)58)22-9-19-70-61(89)51-28-41(35-81(51)4)73-63(91)53-29-42(36-83(53)6)75-62(90)52-26-39(33-82(52)5)72-57(87)11-8-18-69-60(88)50-27-40(34-80(50)3)74-64(92)54-30-43(37-84(54)7)76-65(93)59-68-21-24-79(59)2/h12-17,21,24-37,85H,8-11,18-20,22-23H2,1-7H3,(H,69,88)(H,70,89)(H,72,87)(H,73,91)(H,74,92)(H,75,90)(H,76,93)(H,94,95)(H2,71,77,97). The number of carbonyl (C=O) groups excluding carboxylic acids is 6. The van der Waals surface area contributed by atoms with Gasteiger partial charge in [-0.1, -0.05) is 6.07 Å². The minimum atomic E-state index is -1.18. The van der Waals surface area contributed by atoms with Gasteiger partial charge in [-0.3, -0.25) is 38.6 Å². The number of nitrogens with zero attached hydrogens (tertiary/aromatic N) is 10. The fraction of sp³-hybridized carbons (Fsp3) is 0.239. The molecule has 1 aliphatic heterocycles. The largest absolute Gasteiger partial charge is 0.508 e. The first kappa shape index (κ1) is 68.0. The van der Waals surface area contributed by atoms with Crippen LogP contribution in [0, 0.1) is 0 Å². The van der Waals surface area contributed by atoms with E-state index in [9.17, 15) is 53.7 Å². The second kappa shape index (κ2) is 29.6. The second-order valence-electron chi connectivity index (χ2n) is 23.1. The van der Waals surface area contributed by atoms with E-state index in [1.54, 1.807) is 137 Å². The number of phenolic OH excluding ortho intramolecular Hbond substituents is 1. The van der Waals surface area contributed by atoms with Gasteiger partial charge < -0.3 is 89.3 Å². The zero-order chi connectivity index (χ0) is 69.4. The molecule has 0 saturated carbocycles. The van der Waals surface area contributed by atoms with Crippen LogP contribution in [0.1, 0.15) is 99.1 Å². The van der Waals surface area contributed by atoms with Crippen LogP contribution in [0.15, 0.2) is 148 Å². The summed E-state index contributed by atoms with van der Waals surface area (Å²) in [5, 5.41) is 52.0. The molecule has 10 N–H and O–H groups in total. The van der Waals surface area contributed by atoms with E-state index in [1.165, 1.54) is 60.8 Å². The normalized spacial score (nSPS) is 11.7. The van der Waals surface area contributed by atoms with Gasteiger partial charge in [0.1, 0.15) is 45.6 Å². The fourth-order valence-corrected chi connectivity index (χ4v) is 11.2. The quantitative estimate of drug-likeness (QED) is 0.00803. The van der Waals surface area contributed by atoms with Gasteiger partial charge in [0.05, 0.1) is 34.0 Å². The highest BCUT2D eigenvalue weighted by atomic mass is 32.1. The summed E-state index contributed by atoms with van der Waals surface area (Å²) in [5.74, 6) is -3.63. The van der Waals surface area contributed by atoms with Crippen molar-refractivity contribution in [1.82, 2.24) is 47.9 Å². The Morgan fingerprint density at radius 3 is 1.66 bits per heavy atom. The molecule has 0 radical (unpaired) electrons. The number of rotatable bonds is 26. The predicted octanol–water partition coefficient (Wildman–Crippen LogP) is 8.04. The first-order chi connectivity index (χ1) is 46.3. The zero-order valence-corrected chi connectivity index (χ0v) is 54.8. The monoisotopic (exact) mass is 1340 g/mol. The number of carboxylic acids is 1. The molecule has 30 heteroatoms. The molecule has 0 bridgehead atoms. The highest BCUT2D eigenvalue weighted by molar-refractivity contribution is 7.97. The number of phenols is 1. The van der Waals surface area contributed by atoms with Crippen molar-refractivity contribution in [2.24, 2.45) is 52.3 Å². The van der Waals surface area contributed by atoms with Crippen molar-refractivity contribution in [3.8, 4) is 28.2 Å². The second-order valence-corrected chi connectivity index (χ2v) is 23.6. The molecule has 97 heavy (non-hydrogen) atoms. The topological polar surface area (TPSA) is 365 Å². The number of aromatic hydroxyl groups is 1. The molecular formula is C67H71N17O12S. The molecule has 2 aromatic carbocycles. The molecule has 29 nitrogen and oxygen atoms in total. The van der Waals surface area contributed by atoms with Crippen LogP contribution in [0.3, 0.4) is 0 Å². The summed E-state index contributed by atoms with van der Waals surface area (Å²) < 4.78 is 15.3. The first-order valence-electron chi connectivity index (χ1n) is 30.5. The smallest absolute Gasteiger partial charge is 0.336 e. The summed E-state index contributed by atoms with van der Waals surface area (Å²) in [6, 6.07) is 21.3. The number of aliphatic imine (C=N–C) groups is 2. The zero-order valence-electron chi connectivity index (χ0n) is 53.9. The van der Waals surface area contributed by atoms with Crippen molar-refractivity contribution in [2.75, 3.05) is 66.4 Å². The number of imidazole rings is 1. The Morgan fingerprint density at radius 2 is 1.09 bits per heavy atom. The first-order valence-corrected chi connectivity index (χ1v) is 30.9. The Morgan fingerprint density at radius 1 is 0.567 bits per heavy atom. The van der Waals surface area contributed by atoms with E-state index < -0.39 is 35.5 Å². The predicted molar refractivity (Wildman–Crippen MR) is 371 cm³/mol. The van der Waals surface area contributed by atoms with E-state index in [2.05, 4.69) is 69.7 Å². The van der Waals surface area contributed by atoms with E-state index in [-0.39, 0.29) is 86.6 Å². The number of carboxylic acid groups (broad SMARTS) is 1. The Kier molecular flexibility index (Phi) is 20.7. The molecule has 1 aliphatic carbocycles. The summed E-state index contributed by atoms with van der Waals surface area (Å²) in [6.45, 7) is 2.37. The molecule has 502 valence electrons. The number of amidine groups is 1. The number of aliphatic hydroxyl groups is 1. The summed E-state index contributed by atoms with van der Waals surface area (Å²) >= 11 is 4.50. The number of thiol groups is 1. The lowest BCUT2D eigenvalue weighted by Gasteiger charge is -2.17. The summed E-state index contributed by atoms with van der Waals surface area (Å²) in [5.41, 5.74) is 4.94. The summed E-state index contributed by atoms with van der Waals surface area (Å²) in [7, 11) is 12.0. The van der Waals surface area contributed by atoms with Crippen LogP contribution in [-0.4, -0.2) is 145 Å². The Hall–Kier alpha value is -11.9. The van der Waals surface area contributed by atoms with E-state index in [0.717, 1.165) is 0 Å². The minimum Gasteiger partial charge on any atom is -0.508 e. The van der Waals surface area contributed by atoms with Crippen molar-refractivity contribution >= 4 is 110 Å².